The molecule has 0 aliphatic heterocycles. The zero-order chi connectivity index (χ0) is 18.7. The predicted octanol–water partition coefficient (Wildman–Crippen LogP) is 3.50. The van der Waals surface area contributed by atoms with Gasteiger partial charge in [0.2, 0.25) is 0 Å². The first-order valence-corrected chi connectivity index (χ1v) is 8.43. The van der Waals surface area contributed by atoms with Gasteiger partial charge in [0.05, 0.1) is 17.9 Å². The minimum absolute atomic E-state index is 0.0420. The summed E-state index contributed by atoms with van der Waals surface area (Å²) in [4.78, 5) is 16.4. The molecule has 1 heterocycles. The van der Waals surface area contributed by atoms with Gasteiger partial charge in [0, 0.05) is 6.04 Å². The van der Waals surface area contributed by atoms with Crippen LogP contribution in [0.4, 0.5) is 4.39 Å². The van der Waals surface area contributed by atoms with Crippen molar-refractivity contribution in [1.29, 1.82) is 5.26 Å². The molecule has 1 aromatic carbocycles. The number of nitriles is 1. The zero-order valence-corrected chi connectivity index (χ0v) is 15.5. The van der Waals surface area contributed by atoms with Gasteiger partial charge in [0.1, 0.15) is 18.0 Å². The smallest absolute Gasteiger partial charge is 0.358 e. The number of carbonyl (C=O) groups excluding carboxylic acids is 1. The van der Waals surface area contributed by atoms with E-state index in [0.717, 1.165) is 6.07 Å². The fourth-order valence-electron chi connectivity index (χ4n) is 2.47. The van der Waals surface area contributed by atoms with Crippen molar-refractivity contribution in [2.45, 2.75) is 32.9 Å². The van der Waals surface area contributed by atoms with Crippen molar-refractivity contribution in [3.63, 3.8) is 0 Å². The Labute approximate surface area is 153 Å². The van der Waals surface area contributed by atoms with Crippen molar-refractivity contribution in [1.82, 2.24) is 9.55 Å². The van der Waals surface area contributed by atoms with E-state index in [4.69, 9.17) is 10.00 Å². The highest BCUT2D eigenvalue weighted by Gasteiger charge is 2.29. The summed E-state index contributed by atoms with van der Waals surface area (Å²) < 4.78 is 20.9. The normalized spacial score (nSPS) is 12.1. The third-order valence-electron chi connectivity index (χ3n) is 3.58. The van der Waals surface area contributed by atoms with E-state index in [-0.39, 0.29) is 35.2 Å². The van der Waals surface area contributed by atoms with E-state index >= 15 is 0 Å². The van der Waals surface area contributed by atoms with Gasteiger partial charge in [-0.05, 0) is 54.4 Å². The van der Waals surface area contributed by atoms with Gasteiger partial charge in [0.15, 0.2) is 10.4 Å². The maximum atomic E-state index is 13.9. The molecule has 0 radical (unpaired) electrons. The first-order chi connectivity index (χ1) is 11.8. The molecule has 0 saturated carbocycles. The van der Waals surface area contributed by atoms with Gasteiger partial charge in [-0.1, -0.05) is 6.07 Å². The van der Waals surface area contributed by atoms with Gasteiger partial charge in [0.25, 0.3) is 0 Å². The summed E-state index contributed by atoms with van der Waals surface area (Å²) in [5.74, 6) is -1.42. The molecule has 1 atom stereocenters. The van der Waals surface area contributed by atoms with E-state index in [2.05, 4.69) is 20.9 Å². The van der Waals surface area contributed by atoms with Crippen molar-refractivity contribution in [3.05, 3.63) is 51.3 Å². The lowest BCUT2D eigenvalue weighted by molar-refractivity contribution is 0.0513. The van der Waals surface area contributed by atoms with Crippen LogP contribution in [0.2, 0.25) is 0 Å². The van der Waals surface area contributed by atoms with E-state index in [0.29, 0.717) is 4.73 Å². The fraction of sp³-hybridized carbons (Fsp3) is 0.353. The molecule has 0 aliphatic carbocycles. The van der Waals surface area contributed by atoms with Crippen molar-refractivity contribution in [3.8, 4) is 6.07 Å². The number of ether oxygens (including phenoxy) is 1. The molecule has 25 heavy (non-hydrogen) atoms. The molecule has 6 nitrogen and oxygen atoms in total. The van der Waals surface area contributed by atoms with Crippen LogP contribution >= 0.6 is 15.9 Å². The summed E-state index contributed by atoms with van der Waals surface area (Å²) in [6.07, 6.45) is -1.32. The highest BCUT2D eigenvalue weighted by atomic mass is 79.9. The third kappa shape index (κ3) is 3.72. The number of esters is 1. The molecule has 0 amide bonds. The molecule has 0 fully saturated rings. The van der Waals surface area contributed by atoms with Crippen molar-refractivity contribution < 1.29 is 19.0 Å². The molecule has 0 aliphatic rings. The monoisotopic (exact) mass is 409 g/mol. The minimum atomic E-state index is -1.32. The molecule has 2 rings (SSSR count). The second kappa shape index (κ2) is 7.76. The Bertz CT molecular complexity index is 842. The van der Waals surface area contributed by atoms with Gasteiger partial charge < -0.3 is 14.4 Å². The minimum Gasteiger partial charge on any atom is -0.461 e. The molecule has 1 unspecified atom stereocenters. The number of benzene rings is 1. The molecule has 2 aromatic rings. The number of aromatic nitrogens is 2. The Kier molecular flexibility index (Phi) is 5.93. The van der Waals surface area contributed by atoms with Crippen molar-refractivity contribution in [2.75, 3.05) is 6.61 Å². The Morgan fingerprint density at radius 2 is 2.20 bits per heavy atom. The number of hydrogen-bond donors (Lipinski definition) is 1. The Balaban J connectivity index is 2.61. The highest BCUT2D eigenvalue weighted by Crippen LogP contribution is 2.32. The quantitative estimate of drug-likeness (QED) is 0.763. The van der Waals surface area contributed by atoms with Gasteiger partial charge in [-0.25, -0.2) is 14.2 Å². The van der Waals surface area contributed by atoms with E-state index < -0.39 is 17.9 Å². The number of rotatable bonds is 5. The number of halogens is 2. The summed E-state index contributed by atoms with van der Waals surface area (Å²) in [7, 11) is 0. The molecule has 0 spiro atoms. The standard InChI is InChI=1S/C17H17BrFN3O3/c1-4-25-16(24)13-14(22(9(2)3)17(18)21-13)15(23)10-5-6-11(8-20)12(19)7-10/h5-7,9,15,23H,4H2,1-3H3. The number of imidazole rings is 1. The van der Waals surface area contributed by atoms with Crippen LogP contribution in [-0.4, -0.2) is 27.2 Å². The van der Waals surface area contributed by atoms with E-state index in [9.17, 15) is 14.3 Å². The summed E-state index contributed by atoms with van der Waals surface area (Å²) in [6, 6.07) is 5.39. The first-order valence-electron chi connectivity index (χ1n) is 7.64. The number of hydrogen-bond acceptors (Lipinski definition) is 5. The summed E-state index contributed by atoms with van der Waals surface area (Å²) in [5, 5.41) is 19.6. The number of carbonyl (C=O) groups is 1. The molecule has 0 bridgehead atoms. The second-order valence-electron chi connectivity index (χ2n) is 5.55. The fourth-order valence-corrected chi connectivity index (χ4v) is 3.25. The van der Waals surface area contributed by atoms with Gasteiger partial charge in [-0.3, -0.25) is 0 Å². The Morgan fingerprint density at radius 3 is 2.72 bits per heavy atom. The van der Waals surface area contributed by atoms with Crippen LogP contribution in [0.3, 0.4) is 0 Å². The Morgan fingerprint density at radius 1 is 1.52 bits per heavy atom. The summed E-state index contributed by atoms with van der Waals surface area (Å²) >= 11 is 3.28. The number of aliphatic hydroxyl groups is 1. The predicted molar refractivity (Wildman–Crippen MR) is 91.4 cm³/mol. The zero-order valence-electron chi connectivity index (χ0n) is 14.0. The molecule has 0 saturated heterocycles. The largest absolute Gasteiger partial charge is 0.461 e. The van der Waals surface area contributed by atoms with Crippen LogP contribution < -0.4 is 0 Å². The lowest BCUT2D eigenvalue weighted by Gasteiger charge is -2.19. The maximum Gasteiger partial charge on any atom is 0.358 e. The van der Waals surface area contributed by atoms with E-state index in [1.54, 1.807) is 17.6 Å². The van der Waals surface area contributed by atoms with Gasteiger partial charge >= 0.3 is 5.97 Å². The number of nitrogens with zero attached hydrogens (tertiary/aromatic N) is 3. The molecule has 132 valence electrons. The number of aliphatic hydroxyl groups excluding tert-OH is 1. The van der Waals surface area contributed by atoms with Crippen LogP contribution in [0.1, 0.15) is 60.2 Å². The van der Waals surface area contributed by atoms with Crippen LogP contribution in [0.25, 0.3) is 0 Å². The molecular formula is C17H17BrFN3O3. The maximum absolute atomic E-state index is 13.9. The molecular weight excluding hydrogens is 393 g/mol. The van der Waals surface area contributed by atoms with E-state index in [1.165, 1.54) is 12.1 Å². The highest BCUT2D eigenvalue weighted by molar-refractivity contribution is 9.10. The average molecular weight is 410 g/mol. The van der Waals surface area contributed by atoms with Crippen LogP contribution in [-0.2, 0) is 4.74 Å². The van der Waals surface area contributed by atoms with Crippen molar-refractivity contribution >= 4 is 21.9 Å². The topological polar surface area (TPSA) is 88.1 Å². The molecule has 8 heteroatoms. The average Bonchev–Trinajstić information content (AvgIpc) is 2.91. The Hall–Kier alpha value is -2.24. The first kappa shape index (κ1) is 19.1. The molecule has 1 N–H and O–H groups in total. The summed E-state index contributed by atoms with van der Waals surface area (Å²) in [5.41, 5.74) is 0.237. The van der Waals surface area contributed by atoms with Crippen molar-refractivity contribution in [2.24, 2.45) is 0 Å². The lowest BCUT2D eigenvalue weighted by atomic mass is 10.0. The molecule has 1 aromatic heterocycles. The van der Waals surface area contributed by atoms with Crippen LogP contribution in [0.15, 0.2) is 22.9 Å². The SMILES string of the molecule is CCOC(=O)c1nc(Br)n(C(C)C)c1C(O)c1ccc(C#N)c(F)c1. The van der Waals surface area contributed by atoms with E-state index in [1.807, 2.05) is 13.8 Å². The third-order valence-corrected chi connectivity index (χ3v) is 4.14. The summed E-state index contributed by atoms with van der Waals surface area (Å²) in [6.45, 7) is 5.54. The lowest BCUT2D eigenvalue weighted by Crippen LogP contribution is -2.16. The van der Waals surface area contributed by atoms with Gasteiger partial charge in [-0.15, -0.1) is 0 Å². The van der Waals surface area contributed by atoms with Crippen LogP contribution in [0, 0.1) is 17.1 Å². The second-order valence-corrected chi connectivity index (χ2v) is 6.26. The van der Waals surface area contributed by atoms with Crippen LogP contribution in [0.5, 0.6) is 0 Å². The van der Waals surface area contributed by atoms with Gasteiger partial charge in [-0.2, -0.15) is 5.26 Å².